The number of anilines is 1. The molecule has 1 amide bonds. The summed E-state index contributed by atoms with van der Waals surface area (Å²) in [6.07, 6.45) is 2.22. The van der Waals surface area contributed by atoms with Gasteiger partial charge in [0.2, 0.25) is 5.91 Å². The molecule has 4 rings (SSSR count). The topological polar surface area (TPSA) is 45.2 Å². The standard InChI is InChI=1S/C20H20ClN3OS/c21-15-6-3-7-16(11-15)22-19(25)13-24-10-4-5-14(12-24)20-23-17-8-1-2-9-18(17)26-20/h1-3,6-9,11,14H,4-5,10,12-13H2,(H,22,25). The second-order valence-electron chi connectivity index (χ2n) is 6.65. The molecule has 1 N–H and O–H groups in total. The van der Waals surface area contributed by atoms with Gasteiger partial charge in [0.1, 0.15) is 0 Å². The number of nitrogens with zero attached hydrogens (tertiary/aromatic N) is 2. The second-order valence-corrected chi connectivity index (χ2v) is 8.15. The number of halogens is 1. The number of carbonyl (C=O) groups is 1. The number of thiazole rings is 1. The van der Waals surface area contributed by atoms with E-state index >= 15 is 0 Å². The number of hydrogen-bond acceptors (Lipinski definition) is 4. The Balaban J connectivity index is 1.39. The van der Waals surface area contributed by atoms with Gasteiger partial charge in [-0.15, -0.1) is 11.3 Å². The summed E-state index contributed by atoms with van der Waals surface area (Å²) in [6, 6.07) is 15.5. The van der Waals surface area contributed by atoms with Gasteiger partial charge in [0.15, 0.2) is 0 Å². The summed E-state index contributed by atoms with van der Waals surface area (Å²) in [7, 11) is 0. The number of piperidine rings is 1. The lowest BCUT2D eigenvalue weighted by atomic mass is 9.99. The van der Waals surface area contributed by atoms with Gasteiger partial charge in [-0.1, -0.05) is 29.8 Å². The fraction of sp³-hybridized carbons (Fsp3) is 0.300. The third-order valence-corrected chi connectivity index (χ3v) is 6.07. The molecule has 0 spiro atoms. The molecule has 1 aliphatic heterocycles. The first-order valence-electron chi connectivity index (χ1n) is 8.80. The van der Waals surface area contributed by atoms with E-state index < -0.39 is 0 Å². The zero-order chi connectivity index (χ0) is 17.9. The minimum Gasteiger partial charge on any atom is -0.325 e. The van der Waals surface area contributed by atoms with Crippen molar-refractivity contribution in [1.82, 2.24) is 9.88 Å². The Morgan fingerprint density at radius 1 is 1.27 bits per heavy atom. The first-order chi connectivity index (χ1) is 12.7. The van der Waals surface area contributed by atoms with Crippen molar-refractivity contribution in [2.24, 2.45) is 0 Å². The predicted molar refractivity (Wildman–Crippen MR) is 108 cm³/mol. The lowest BCUT2D eigenvalue weighted by molar-refractivity contribution is -0.117. The number of rotatable bonds is 4. The second kappa shape index (κ2) is 7.74. The van der Waals surface area contributed by atoms with E-state index in [0.717, 1.165) is 37.1 Å². The van der Waals surface area contributed by atoms with E-state index in [0.29, 0.717) is 17.5 Å². The number of para-hydroxylation sites is 1. The number of fused-ring (bicyclic) bond motifs is 1. The van der Waals surface area contributed by atoms with Crippen LogP contribution in [-0.4, -0.2) is 35.4 Å². The Morgan fingerprint density at radius 3 is 3.00 bits per heavy atom. The third-order valence-electron chi connectivity index (χ3n) is 4.64. The van der Waals surface area contributed by atoms with E-state index in [9.17, 15) is 4.79 Å². The van der Waals surface area contributed by atoms with Crippen LogP contribution >= 0.6 is 22.9 Å². The van der Waals surface area contributed by atoms with E-state index in [-0.39, 0.29) is 5.91 Å². The average molecular weight is 386 g/mol. The van der Waals surface area contributed by atoms with Gasteiger partial charge in [-0.25, -0.2) is 4.98 Å². The van der Waals surface area contributed by atoms with Gasteiger partial charge in [-0.2, -0.15) is 0 Å². The largest absolute Gasteiger partial charge is 0.325 e. The Morgan fingerprint density at radius 2 is 2.15 bits per heavy atom. The number of nitrogens with one attached hydrogen (secondary N) is 1. The molecule has 3 aromatic rings. The molecule has 1 aliphatic rings. The number of amides is 1. The molecule has 0 radical (unpaired) electrons. The maximum atomic E-state index is 12.4. The van der Waals surface area contributed by atoms with Gasteiger partial charge in [0.25, 0.3) is 0 Å². The molecule has 4 nitrogen and oxygen atoms in total. The molecule has 0 aliphatic carbocycles. The molecular formula is C20H20ClN3OS. The van der Waals surface area contributed by atoms with Gasteiger partial charge < -0.3 is 5.32 Å². The molecule has 134 valence electrons. The van der Waals surface area contributed by atoms with Crippen LogP contribution in [0.1, 0.15) is 23.8 Å². The van der Waals surface area contributed by atoms with E-state index in [1.165, 1.54) is 9.71 Å². The van der Waals surface area contributed by atoms with E-state index in [2.05, 4.69) is 28.4 Å². The number of aromatic nitrogens is 1. The van der Waals surface area contributed by atoms with Crippen LogP contribution in [0.25, 0.3) is 10.2 Å². The van der Waals surface area contributed by atoms with Crippen molar-refractivity contribution in [3.63, 3.8) is 0 Å². The zero-order valence-electron chi connectivity index (χ0n) is 14.3. The highest BCUT2D eigenvalue weighted by Gasteiger charge is 2.25. The lowest BCUT2D eigenvalue weighted by Gasteiger charge is -2.31. The number of benzene rings is 2. The Labute approximate surface area is 161 Å². The van der Waals surface area contributed by atoms with Crippen molar-refractivity contribution >= 4 is 44.7 Å². The van der Waals surface area contributed by atoms with Crippen LogP contribution in [0.3, 0.4) is 0 Å². The summed E-state index contributed by atoms with van der Waals surface area (Å²) in [6.45, 7) is 2.22. The Bertz CT molecular complexity index is 893. The van der Waals surface area contributed by atoms with Crippen molar-refractivity contribution < 1.29 is 4.79 Å². The van der Waals surface area contributed by atoms with Gasteiger partial charge in [-0.3, -0.25) is 9.69 Å². The molecule has 0 saturated carbocycles. The average Bonchev–Trinajstić information content (AvgIpc) is 3.06. The van der Waals surface area contributed by atoms with E-state index in [1.54, 1.807) is 23.5 Å². The molecule has 2 aromatic carbocycles. The molecule has 1 atom stereocenters. The summed E-state index contributed by atoms with van der Waals surface area (Å²) >= 11 is 7.75. The molecule has 6 heteroatoms. The van der Waals surface area contributed by atoms with Crippen LogP contribution in [0.15, 0.2) is 48.5 Å². The Hall–Kier alpha value is -1.95. The SMILES string of the molecule is O=C(CN1CCCC(c2nc3ccccc3s2)C1)Nc1cccc(Cl)c1. The number of hydrogen-bond donors (Lipinski definition) is 1. The highest BCUT2D eigenvalue weighted by atomic mass is 35.5. The van der Waals surface area contributed by atoms with Crippen LogP contribution in [0, 0.1) is 0 Å². The lowest BCUT2D eigenvalue weighted by Crippen LogP contribution is -2.39. The van der Waals surface area contributed by atoms with E-state index in [1.807, 2.05) is 18.2 Å². The molecule has 1 saturated heterocycles. The summed E-state index contributed by atoms with van der Waals surface area (Å²) in [4.78, 5) is 19.4. The summed E-state index contributed by atoms with van der Waals surface area (Å²) < 4.78 is 1.23. The van der Waals surface area contributed by atoms with Gasteiger partial charge >= 0.3 is 0 Å². The number of likely N-dealkylation sites (tertiary alicyclic amines) is 1. The Kier molecular flexibility index (Phi) is 5.20. The molecule has 26 heavy (non-hydrogen) atoms. The van der Waals surface area contributed by atoms with E-state index in [4.69, 9.17) is 16.6 Å². The normalized spacial score (nSPS) is 18.1. The predicted octanol–water partition coefficient (Wildman–Crippen LogP) is 4.77. The van der Waals surface area contributed by atoms with Crippen LogP contribution in [0.4, 0.5) is 5.69 Å². The van der Waals surface area contributed by atoms with Crippen LogP contribution < -0.4 is 5.32 Å². The summed E-state index contributed by atoms with van der Waals surface area (Å²) in [5.74, 6) is 0.400. The minimum absolute atomic E-state index is 0.00258. The van der Waals surface area contributed by atoms with Crippen molar-refractivity contribution in [3.8, 4) is 0 Å². The zero-order valence-corrected chi connectivity index (χ0v) is 15.9. The number of carbonyl (C=O) groups excluding carboxylic acids is 1. The first-order valence-corrected chi connectivity index (χ1v) is 10.00. The molecule has 2 heterocycles. The van der Waals surface area contributed by atoms with Gasteiger partial charge in [-0.05, 0) is 49.7 Å². The minimum atomic E-state index is -0.00258. The fourth-order valence-electron chi connectivity index (χ4n) is 3.44. The third kappa shape index (κ3) is 4.06. The smallest absolute Gasteiger partial charge is 0.238 e. The van der Waals surface area contributed by atoms with Crippen LogP contribution in [0.2, 0.25) is 5.02 Å². The van der Waals surface area contributed by atoms with Crippen LogP contribution in [0.5, 0.6) is 0 Å². The van der Waals surface area contributed by atoms with Gasteiger partial charge in [0, 0.05) is 23.2 Å². The molecule has 1 aromatic heterocycles. The summed E-state index contributed by atoms with van der Waals surface area (Å²) in [5, 5.41) is 4.74. The fourth-order valence-corrected chi connectivity index (χ4v) is 4.72. The van der Waals surface area contributed by atoms with Crippen molar-refractivity contribution in [2.75, 3.05) is 25.0 Å². The molecule has 0 bridgehead atoms. The maximum absolute atomic E-state index is 12.4. The quantitative estimate of drug-likeness (QED) is 0.703. The van der Waals surface area contributed by atoms with Crippen molar-refractivity contribution in [1.29, 1.82) is 0 Å². The van der Waals surface area contributed by atoms with Gasteiger partial charge in [0.05, 0.1) is 21.8 Å². The monoisotopic (exact) mass is 385 g/mol. The summed E-state index contributed by atoms with van der Waals surface area (Å²) in [5.41, 5.74) is 1.81. The highest BCUT2D eigenvalue weighted by molar-refractivity contribution is 7.18. The molecule has 1 unspecified atom stereocenters. The van der Waals surface area contributed by atoms with Crippen molar-refractivity contribution in [2.45, 2.75) is 18.8 Å². The maximum Gasteiger partial charge on any atom is 0.238 e. The van der Waals surface area contributed by atoms with Crippen LogP contribution in [-0.2, 0) is 4.79 Å². The first kappa shape index (κ1) is 17.5. The van der Waals surface area contributed by atoms with Crippen molar-refractivity contribution in [3.05, 3.63) is 58.6 Å². The molecule has 1 fully saturated rings. The molecular weight excluding hydrogens is 366 g/mol. The highest BCUT2D eigenvalue weighted by Crippen LogP contribution is 2.32.